The number of nitrogens with one attached hydrogen (secondary N) is 2. The van der Waals surface area contributed by atoms with E-state index in [0.29, 0.717) is 0 Å². The minimum Gasteiger partial charge on any atom is -0.303 e. The predicted molar refractivity (Wildman–Crippen MR) is 141 cm³/mol. The normalized spacial score (nSPS) is 18.7. The molecule has 2 aromatic carbocycles. The number of thiophene rings is 1. The number of aryl methyl sites for hydroxylation is 1. The maximum absolute atomic E-state index is 6.83. The number of halogens is 2. The summed E-state index contributed by atoms with van der Waals surface area (Å²) in [5.74, 6) is 0. The van der Waals surface area contributed by atoms with Crippen LogP contribution >= 0.6 is 38.9 Å². The Balaban J connectivity index is 1.39. The monoisotopic (exact) mass is 531 g/mol. The Morgan fingerprint density at radius 3 is 2.69 bits per heavy atom. The lowest BCUT2D eigenvalue weighted by molar-refractivity contribution is 0.266. The molecule has 3 aromatic rings. The zero-order valence-corrected chi connectivity index (χ0v) is 21.6. The number of rotatable bonds is 8. The third-order valence-electron chi connectivity index (χ3n) is 7.02. The van der Waals surface area contributed by atoms with Crippen molar-refractivity contribution in [2.75, 3.05) is 32.7 Å². The minimum absolute atomic E-state index is 0.171. The van der Waals surface area contributed by atoms with Gasteiger partial charge in [0.05, 0.1) is 5.66 Å². The molecule has 2 fully saturated rings. The van der Waals surface area contributed by atoms with Crippen molar-refractivity contribution in [1.29, 1.82) is 0 Å². The van der Waals surface area contributed by atoms with E-state index in [-0.39, 0.29) is 5.66 Å². The van der Waals surface area contributed by atoms with Crippen LogP contribution in [0.3, 0.4) is 0 Å². The van der Waals surface area contributed by atoms with Crippen LogP contribution in [0.4, 0.5) is 0 Å². The standard InChI is InChI=1S/C26H31BrClN3S/c27-21-17-19(25-20(18-21)9-16-32-25)7-8-22-23(5-3-6-24(22)28)26(29-11-12-30-26)10-4-15-31-13-1-2-14-31/h3,5-6,9,16-18,29-30H,1-2,4,7-8,10-15H2. The summed E-state index contributed by atoms with van der Waals surface area (Å²) in [5, 5.41) is 12.0. The second-order valence-corrected chi connectivity index (χ2v) is 11.3. The van der Waals surface area contributed by atoms with Crippen LogP contribution in [0.1, 0.15) is 42.4 Å². The van der Waals surface area contributed by atoms with Gasteiger partial charge in [0.1, 0.15) is 0 Å². The Labute approximate surface area is 208 Å². The highest BCUT2D eigenvalue weighted by molar-refractivity contribution is 9.10. The molecule has 0 saturated carbocycles. The first kappa shape index (κ1) is 22.8. The van der Waals surface area contributed by atoms with E-state index in [9.17, 15) is 0 Å². The first-order valence-corrected chi connectivity index (χ1v) is 13.9. The minimum atomic E-state index is -0.171. The lowest BCUT2D eigenvalue weighted by Gasteiger charge is -2.34. The molecule has 32 heavy (non-hydrogen) atoms. The van der Waals surface area contributed by atoms with Gasteiger partial charge in [-0.3, -0.25) is 10.6 Å². The maximum atomic E-state index is 6.83. The van der Waals surface area contributed by atoms with E-state index in [1.54, 1.807) is 0 Å². The second kappa shape index (κ2) is 10.1. The van der Waals surface area contributed by atoms with E-state index < -0.39 is 0 Å². The van der Waals surface area contributed by atoms with Gasteiger partial charge in [0.25, 0.3) is 0 Å². The van der Waals surface area contributed by atoms with E-state index in [1.807, 2.05) is 11.3 Å². The number of hydrogen-bond acceptors (Lipinski definition) is 4. The average Bonchev–Trinajstić information content (AvgIpc) is 3.55. The SMILES string of the molecule is Clc1cccc(C2(CCCN3CCCC3)NCCN2)c1CCc1cc(Br)cc2ccsc12. The smallest absolute Gasteiger partial charge is 0.0954 e. The molecule has 0 spiro atoms. The zero-order chi connectivity index (χ0) is 22.0. The summed E-state index contributed by atoms with van der Waals surface area (Å²) in [6, 6.07) is 13.1. The van der Waals surface area contributed by atoms with Gasteiger partial charge < -0.3 is 4.90 Å². The van der Waals surface area contributed by atoms with Gasteiger partial charge in [0, 0.05) is 27.3 Å². The van der Waals surface area contributed by atoms with Gasteiger partial charge in [0.15, 0.2) is 0 Å². The second-order valence-electron chi connectivity index (χ2n) is 9.08. The van der Waals surface area contributed by atoms with Gasteiger partial charge in [0.2, 0.25) is 0 Å². The van der Waals surface area contributed by atoms with Crippen LogP contribution < -0.4 is 10.6 Å². The topological polar surface area (TPSA) is 27.3 Å². The van der Waals surface area contributed by atoms with Crippen LogP contribution in [-0.2, 0) is 18.5 Å². The molecule has 3 heterocycles. The molecule has 170 valence electrons. The Morgan fingerprint density at radius 2 is 1.88 bits per heavy atom. The third-order valence-corrected chi connectivity index (χ3v) is 8.84. The molecule has 0 bridgehead atoms. The molecular weight excluding hydrogens is 502 g/mol. The molecule has 0 aliphatic carbocycles. The summed E-state index contributed by atoms with van der Waals surface area (Å²) < 4.78 is 2.54. The fourth-order valence-corrected chi connectivity index (χ4v) is 7.18. The van der Waals surface area contributed by atoms with Gasteiger partial charge in [-0.15, -0.1) is 11.3 Å². The highest BCUT2D eigenvalue weighted by atomic mass is 79.9. The van der Waals surface area contributed by atoms with Crippen LogP contribution in [0.15, 0.2) is 46.3 Å². The van der Waals surface area contributed by atoms with Crippen molar-refractivity contribution < 1.29 is 0 Å². The lowest BCUT2D eigenvalue weighted by Crippen LogP contribution is -2.47. The third kappa shape index (κ3) is 4.79. The molecule has 2 aliphatic rings. The Morgan fingerprint density at radius 1 is 1.06 bits per heavy atom. The molecule has 2 N–H and O–H groups in total. The number of likely N-dealkylation sites (tertiary alicyclic amines) is 1. The summed E-state index contributed by atoms with van der Waals surface area (Å²) in [6.45, 7) is 5.71. The van der Waals surface area contributed by atoms with Gasteiger partial charge in [-0.05, 0) is 110 Å². The van der Waals surface area contributed by atoms with E-state index in [0.717, 1.165) is 41.8 Å². The number of nitrogens with zero attached hydrogens (tertiary/aromatic N) is 1. The van der Waals surface area contributed by atoms with Gasteiger partial charge >= 0.3 is 0 Å². The summed E-state index contributed by atoms with van der Waals surface area (Å²) in [6.07, 6.45) is 6.91. The molecule has 2 saturated heterocycles. The number of fused-ring (bicyclic) bond motifs is 1. The Kier molecular flexibility index (Phi) is 7.22. The van der Waals surface area contributed by atoms with Crippen LogP contribution in [0.5, 0.6) is 0 Å². The fourth-order valence-electron chi connectivity index (χ4n) is 5.46. The lowest BCUT2D eigenvalue weighted by atomic mass is 9.88. The molecular formula is C26H31BrClN3S. The van der Waals surface area contributed by atoms with Crippen LogP contribution in [0.2, 0.25) is 5.02 Å². The van der Waals surface area contributed by atoms with Crippen LogP contribution in [0, 0.1) is 0 Å². The van der Waals surface area contributed by atoms with Crippen molar-refractivity contribution in [2.24, 2.45) is 0 Å². The van der Waals surface area contributed by atoms with Crippen molar-refractivity contribution >= 4 is 49.0 Å². The molecule has 6 heteroatoms. The highest BCUT2D eigenvalue weighted by Crippen LogP contribution is 2.35. The van der Waals surface area contributed by atoms with E-state index >= 15 is 0 Å². The Bertz CT molecular complexity index is 1070. The molecule has 0 unspecified atom stereocenters. The van der Waals surface area contributed by atoms with E-state index in [2.05, 4.69) is 73.2 Å². The van der Waals surface area contributed by atoms with E-state index in [1.165, 1.54) is 65.7 Å². The molecule has 0 radical (unpaired) electrons. The molecule has 0 amide bonds. The van der Waals surface area contributed by atoms with E-state index in [4.69, 9.17) is 11.6 Å². The van der Waals surface area contributed by atoms with Crippen molar-refractivity contribution in [2.45, 2.75) is 44.2 Å². The predicted octanol–water partition coefficient (Wildman–Crippen LogP) is 6.32. The van der Waals surface area contributed by atoms with Crippen LogP contribution in [-0.4, -0.2) is 37.6 Å². The molecule has 5 rings (SSSR count). The quantitative estimate of drug-likeness (QED) is 0.355. The van der Waals surface area contributed by atoms with Crippen molar-refractivity contribution in [3.63, 3.8) is 0 Å². The van der Waals surface area contributed by atoms with Crippen molar-refractivity contribution in [3.05, 3.63) is 68.0 Å². The molecule has 0 atom stereocenters. The summed E-state index contributed by atoms with van der Waals surface area (Å²) in [7, 11) is 0. The molecule has 1 aromatic heterocycles. The van der Waals surface area contributed by atoms with Gasteiger partial charge in [-0.2, -0.15) is 0 Å². The van der Waals surface area contributed by atoms with Crippen LogP contribution in [0.25, 0.3) is 10.1 Å². The summed E-state index contributed by atoms with van der Waals surface area (Å²) in [4.78, 5) is 2.61. The maximum Gasteiger partial charge on any atom is 0.0954 e. The first-order chi connectivity index (χ1) is 15.6. The molecule has 3 nitrogen and oxygen atoms in total. The van der Waals surface area contributed by atoms with Gasteiger partial charge in [-0.1, -0.05) is 39.7 Å². The zero-order valence-electron chi connectivity index (χ0n) is 18.4. The average molecular weight is 533 g/mol. The summed E-state index contributed by atoms with van der Waals surface area (Å²) in [5.41, 5.74) is 3.84. The van der Waals surface area contributed by atoms with Crippen molar-refractivity contribution in [1.82, 2.24) is 15.5 Å². The first-order valence-electron chi connectivity index (χ1n) is 11.8. The fraction of sp³-hybridized carbons (Fsp3) is 0.462. The highest BCUT2D eigenvalue weighted by Gasteiger charge is 2.36. The summed E-state index contributed by atoms with van der Waals surface area (Å²) >= 11 is 12.4. The number of hydrogen-bond donors (Lipinski definition) is 2. The molecule has 2 aliphatic heterocycles. The Hall–Kier alpha value is -0.950. The van der Waals surface area contributed by atoms with Crippen molar-refractivity contribution in [3.8, 4) is 0 Å². The largest absolute Gasteiger partial charge is 0.303 e. The number of benzene rings is 2. The van der Waals surface area contributed by atoms with Gasteiger partial charge in [-0.25, -0.2) is 0 Å².